The van der Waals surface area contributed by atoms with Gasteiger partial charge in [0.15, 0.2) is 0 Å². The number of anilines is 1. The number of aliphatic hydroxyl groups excluding tert-OH is 1. The third kappa shape index (κ3) is 5.42. The molecule has 3 N–H and O–H groups in total. The van der Waals surface area contributed by atoms with Crippen LogP contribution >= 0.6 is 0 Å². The molecule has 0 saturated heterocycles. The minimum atomic E-state index is -1.03. The second-order valence-corrected chi connectivity index (χ2v) is 7.84. The number of hydrogen-bond donors (Lipinski definition) is 3. The zero-order valence-electron chi connectivity index (χ0n) is 13.8. The van der Waals surface area contributed by atoms with E-state index in [0.717, 1.165) is 0 Å². The molecule has 5 nitrogen and oxygen atoms in total. The van der Waals surface area contributed by atoms with Crippen LogP contribution in [0.4, 0.5) is 10.5 Å². The minimum Gasteiger partial charge on any atom is -0.392 e. The fourth-order valence-corrected chi connectivity index (χ4v) is 2.74. The van der Waals surface area contributed by atoms with Crippen molar-refractivity contribution in [3.05, 3.63) is 24.3 Å². The van der Waals surface area contributed by atoms with Gasteiger partial charge < -0.3 is 15.7 Å². The Morgan fingerprint density at radius 2 is 1.82 bits per heavy atom. The number of carbonyl (C=O) groups excluding carboxylic acids is 1. The molecule has 1 rings (SSSR count). The fraction of sp³-hybridized carbons (Fsp3) is 0.562. The first kappa shape index (κ1) is 18.6. The van der Waals surface area contributed by atoms with Crippen molar-refractivity contribution in [3.63, 3.8) is 0 Å². The number of urea groups is 1. The summed E-state index contributed by atoms with van der Waals surface area (Å²) in [5.41, 5.74) is 0.225. The molecule has 0 aromatic heterocycles. The summed E-state index contributed by atoms with van der Waals surface area (Å²) >= 11 is 0. The van der Waals surface area contributed by atoms with Crippen LogP contribution in [0.3, 0.4) is 0 Å². The molecular formula is C16H26N2O3S. The first-order chi connectivity index (χ1) is 10.1. The molecule has 2 amide bonds. The molecule has 0 radical (unpaired) electrons. The zero-order valence-corrected chi connectivity index (χ0v) is 14.7. The lowest BCUT2D eigenvalue weighted by molar-refractivity contribution is 0.0154. The summed E-state index contributed by atoms with van der Waals surface area (Å²) in [5.74, 6) is 0.127. The number of amides is 2. The van der Waals surface area contributed by atoms with E-state index in [4.69, 9.17) is 0 Å². The fourth-order valence-electron chi connectivity index (χ4n) is 2.22. The molecule has 0 spiro atoms. The molecule has 0 aliphatic rings. The van der Waals surface area contributed by atoms with Crippen molar-refractivity contribution in [2.24, 2.45) is 11.3 Å². The molecule has 0 aliphatic carbocycles. The summed E-state index contributed by atoms with van der Waals surface area (Å²) in [7, 11) is -1.03. The van der Waals surface area contributed by atoms with Crippen LogP contribution in [0, 0.1) is 11.3 Å². The number of rotatable bonds is 6. The largest absolute Gasteiger partial charge is 0.392 e. The monoisotopic (exact) mass is 326 g/mol. The Morgan fingerprint density at radius 3 is 2.27 bits per heavy atom. The molecule has 0 heterocycles. The minimum absolute atomic E-state index is 0.127. The highest BCUT2D eigenvalue weighted by Crippen LogP contribution is 2.25. The van der Waals surface area contributed by atoms with E-state index >= 15 is 0 Å². The van der Waals surface area contributed by atoms with E-state index in [1.807, 2.05) is 27.7 Å². The highest BCUT2D eigenvalue weighted by molar-refractivity contribution is 7.84. The van der Waals surface area contributed by atoms with Gasteiger partial charge in [-0.2, -0.15) is 0 Å². The van der Waals surface area contributed by atoms with Crippen molar-refractivity contribution in [2.75, 3.05) is 18.1 Å². The standard InChI is InChI=1S/C16H26N2O3S/c1-11(2)14(19)16(3,4)10-17-15(20)18-12-6-8-13(9-7-12)22(5)21/h6-9,11,14,19H,10H2,1-5H3,(H2,17,18,20)/t14-,22+/m1/s1. The average Bonchev–Trinajstić information content (AvgIpc) is 2.45. The van der Waals surface area contributed by atoms with Gasteiger partial charge in [-0.05, 0) is 30.2 Å². The average molecular weight is 326 g/mol. The summed E-state index contributed by atoms with van der Waals surface area (Å²) in [6, 6.07) is 6.54. The van der Waals surface area contributed by atoms with Gasteiger partial charge in [-0.3, -0.25) is 4.21 Å². The Morgan fingerprint density at radius 1 is 1.27 bits per heavy atom. The highest BCUT2D eigenvalue weighted by atomic mass is 32.2. The van der Waals surface area contributed by atoms with Gasteiger partial charge in [-0.15, -0.1) is 0 Å². The third-order valence-corrected chi connectivity index (χ3v) is 4.52. The van der Waals surface area contributed by atoms with Crippen LogP contribution in [0.15, 0.2) is 29.2 Å². The topological polar surface area (TPSA) is 78.4 Å². The molecule has 1 aromatic carbocycles. The summed E-state index contributed by atoms with van der Waals surface area (Å²) in [5, 5.41) is 15.6. The predicted octanol–water partition coefficient (Wildman–Crippen LogP) is 2.59. The first-order valence-corrected chi connectivity index (χ1v) is 8.85. The smallest absolute Gasteiger partial charge is 0.319 e. The number of aliphatic hydroxyl groups is 1. The number of nitrogens with one attached hydrogen (secondary N) is 2. The van der Waals surface area contributed by atoms with E-state index in [9.17, 15) is 14.1 Å². The Bertz CT molecular complexity index is 527. The number of hydrogen-bond acceptors (Lipinski definition) is 3. The number of benzene rings is 1. The van der Waals surface area contributed by atoms with Crippen molar-refractivity contribution < 1.29 is 14.1 Å². The quantitative estimate of drug-likeness (QED) is 0.752. The van der Waals surface area contributed by atoms with E-state index in [-0.39, 0.29) is 11.9 Å². The van der Waals surface area contributed by atoms with Crippen molar-refractivity contribution in [1.82, 2.24) is 5.32 Å². The molecule has 6 heteroatoms. The van der Waals surface area contributed by atoms with E-state index in [0.29, 0.717) is 17.1 Å². The van der Waals surface area contributed by atoms with Crippen LogP contribution in [0.1, 0.15) is 27.7 Å². The summed E-state index contributed by atoms with van der Waals surface area (Å²) < 4.78 is 11.3. The molecule has 0 fully saturated rings. The third-order valence-electron chi connectivity index (χ3n) is 3.58. The van der Waals surface area contributed by atoms with Crippen LogP contribution in [-0.4, -0.2) is 34.3 Å². The van der Waals surface area contributed by atoms with Crippen molar-refractivity contribution in [2.45, 2.75) is 38.7 Å². The van der Waals surface area contributed by atoms with E-state index in [2.05, 4.69) is 10.6 Å². The summed E-state index contributed by atoms with van der Waals surface area (Å²) in [4.78, 5) is 12.6. The zero-order chi connectivity index (χ0) is 16.9. The van der Waals surface area contributed by atoms with E-state index < -0.39 is 22.3 Å². The summed E-state index contributed by atoms with van der Waals surface area (Å²) in [6.07, 6.45) is 1.11. The highest BCUT2D eigenvalue weighted by Gasteiger charge is 2.30. The van der Waals surface area contributed by atoms with Crippen LogP contribution in [0.25, 0.3) is 0 Å². The lowest BCUT2D eigenvalue weighted by atomic mass is 9.81. The van der Waals surface area contributed by atoms with Crippen LogP contribution in [0.5, 0.6) is 0 Å². The first-order valence-electron chi connectivity index (χ1n) is 7.30. The van der Waals surface area contributed by atoms with Gasteiger partial charge >= 0.3 is 6.03 Å². The Kier molecular flexibility index (Phi) is 6.56. The van der Waals surface area contributed by atoms with Gasteiger partial charge in [-0.25, -0.2) is 4.79 Å². The van der Waals surface area contributed by atoms with Crippen molar-refractivity contribution >= 4 is 22.5 Å². The predicted molar refractivity (Wildman–Crippen MR) is 90.4 cm³/mol. The maximum atomic E-state index is 11.9. The molecular weight excluding hydrogens is 300 g/mol. The van der Waals surface area contributed by atoms with Crippen LogP contribution in [-0.2, 0) is 10.8 Å². The maximum absolute atomic E-state index is 11.9. The Hall–Kier alpha value is -1.40. The lowest BCUT2D eigenvalue weighted by Crippen LogP contribution is -2.44. The van der Waals surface area contributed by atoms with Crippen molar-refractivity contribution in [1.29, 1.82) is 0 Å². The van der Waals surface area contributed by atoms with Gasteiger partial charge in [0, 0.05) is 39.6 Å². The molecule has 2 atom stereocenters. The second kappa shape index (κ2) is 7.74. The molecule has 0 saturated carbocycles. The maximum Gasteiger partial charge on any atom is 0.319 e. The molecule has 0 unspecified atom stereocenters. The van der Waals surface area contributed by atoms with Gasteiger partial charge in [0.05, 0.1) is 6.10 Å². The Balaban J connectivity index is 2.54. The van der Waals surface area contributed by atoms with Gasteiger partial charge in [0.1, 0.15) is 0 Å². The molecule has 0 aliphatic heterocycles. The molecule has 1 aromatic rings. The lowest BCUT2D eigenvalue weighted by Gasteiger charge is -2.33. The molecule has 124 valence electrons. The Labute approximate surface area is 135 Å². The number of carbonyl (C=O) groups is 1. The van der Waals surface area contributed by atoms with Crippen LogP contribution in [0.2, 0.25) is 0 Å². The van der Waals surface area contributed by atoms with E-state index in [1.165, 1.54) is 0 Å². The van der Waals surface area contributed by atoms with Gasteiger partial charge in [0.2, 0.25) is 0 Å². The molecule has 22 heavy (non-hydrogen) atoms. The normalized spacial score (nSPS) is 14.5. The van der Waals surface area contributed by atoms with E-state index in [1.54, 1.807) is 30.5 Å². The summed E-state index contributed by atoms with van der Waals surface area (Å²) in [6.45, 7) is 8.11. The SMILES string of the molecule is CC(C)[C@@H](O)C(C)(C)CNC(=O)Nc1ccc([S@](C)=O)cc1. The van der Waals surface area contributed by atoms with Gasteiger partial charge in [0.25, 0.3) is 0 Å². The van der Waals surface area contributed by atoms with Crippen LogP contribution < -0.4 is 10.6 Å². The second-order valence-electron chi connectivity index (χ2n) is 6.46. The molecule has 0 bridgehead atoms. The van der Waals surface area contributed by atoms with Gasteiger partial charge in [-0.1, -0.05) is 27.7 Å². The van der Waals surface area contributed by atoms with Crippen molar-refractivity contribution in [3.8, 4) is 0 Å².